The van der Waals surface area contributed by atoms with Crippen molar-refractivity contribution in [3.8, 4) is 0 Å². The fourth-order valence-electron chi connectivity index (χ4n) is 2.35. The normalized spacial score (nSPS) is 12.9. The second-order valence-corrected chi connectivity index (χ2v) is 5.82. The topological polar surface area (TPSA) is 108 Å². The number of hydrogen-bond donors (Lipinski definition) is 2. The molecule has 2 aromatic carbocycles. The van der Waals surface area contributed by atoms with Crippen LogP contribution >= 0.6 is 0 Å². The highest BCUT2D eigenvalue weighted by molar-refractivity contribution is 5.76. The fourth-order valence-corrected chi connectivity index (χ4v) is 2.35. The molecule has 0 aliphatic heterocycles. The molecule has 0 heterocycles. The maximum absolute atomic E-state index is 11.9. The molecule has 2 aromatic rings. The molecule has 6 N–H and O–H groups in total. The van der Waals surface area contributed by atoms with Crippen LogP contribution in [0.15, 0.2) is 60.7 Å². The van der Waals surface area contributed by atoms with Crippen molar-refractivity contribution >= 4 is 11.9 Å². The van der Waals surface area contributed by atoms with E-state index in [0.717, 1.165) is 11.1 Å². The van der Waals surface area contributed by atoms with E-state index in [1.165, 1.54) is 0 Å². The van der Waals surface area contributed by atoms with Gasteiger partial charge in [-0.25, -0.2) is 9.59 Å². The standard InChI is InChI=1S/C19H22N2O4/c20-16(11-14-7-3-1-4-8-14)18(22)24-13-25-19(23)17(21)12-15-9-5-2-6-10-15/h1-10,16-17H,11-13,20-21H2/p+2. The predicted molar refractivity (Wildman–Crippen MR) is 90.7 cm³/mol. The van der Waals surface area contributed by atoms with Crippen molar-refractivity contribution in [3.63, 3.8) is 0 Å². The summed E-state index contributed by atoms with van der Waals surface area (Å²) in [7, 11) is 0. The summed E-state index contributed by atoms with van der Waals surface area (Å²) in [5, 5.41) is 0. The summed E-state index contributed by atoms with van der Waals surface area (Å²) in [5.74, 6) is -0.999. The third-order valence-electron chi connectivity index (χ3n) is 3.72. The van der Waals surface area contributed by atoms with Gasteiger partial charge < -0.3 is 20.9 Å². The Hall–Kier alpha value is -2.70. The van der Waals surface area contributed by atoms with Crippen molar-refractivity contribution in [2.75, 3.05) is 6.79 Å². The molecule has 0 aliphatic carbocycles. The van der Waals surface area contributed by atoms with Crippen molar-refractivity contribution in [2.24, 2.45) is 0 Å². The monoisotopic (exact) mass is 344 g/mol. The van der Waals surface area contributed by atoms with E-state index in [0.29, 0.717) is 12.8 Å². The lowest BCUT2D eigenvalue weighted by atomic mass is 10.1. The Bertz CT molecular complexity index is 617. The molecule has 2 rings (SSSR count). The van der Waals surface area contributed by atoms with Crippen LogP contribution in [0.3, 0.4) is 0 Å². The Labute approximate surface area is 146 Å². The van der Waals surface area contributed by atoms with Gasteiger partial charge in [0.1, 0.15) is 0 Å². The molecule has 0 aliphatic rings. The molecule has 0 fully saturated rings. The molecule has 0 bridgehead atoms. The molecule has 25 heavy (non-hydrogen) atoms. The number of quaternary nitrogens is 2. The lowest BCUT2D eigenvalue weighted by Crippen LogP contribution is -2.67. The number of esters is 2. The highest BCUT2D eigenvalue weighted by atomic mass is 16.7. The van der Waals surface area contributed by atoms with Gasteiger partial charge in [-0.2, -0.15) is 0 Å². The van der Waals surface area contributed by atoms with E-state index in [2.05, 4.69) is 11.5 Å². The van der Waals surface area contributed by atoms with Gasteiger partial charge >= 0.3 is 11.9 Å². The zero-order valence-corrected chi connectivity index (χ0v) is 14.1. The van der Waals surface area contributed by atoms with Crippen LogP contribution in [0.25, 0.3) is 0 Å². The summed E-state index contributed by atoms with van der Waals surface area (Å²) < 4.78 is 9.95. The van der Waals surface area contributed by atoms with Gasteiger partial charge in [0.15, 0.2) is 12.1 Å². The molecule has 2 unspecified atom stereocenters. The molecule has 0 amide bonds. The van der Waals surface area contributed by atoms with Gasteiger partial charge in [0.25, 0.3) is 0 Å². The van der Waals surface area contributed by atoms with Crippen LogP contribution in [-0.4, -0.2) is 30.8 Å². The first kappa shape index (κ1) is 18.6. The molecule has 0 aromatic heterocycles. The van der Waals surface area contributed by atoms with E-state index in [1.54, 1.807) is 0 Å². The molecule has 0 spiro atoms. The highest BCUT2D eigenvalue weighted by Gasteiger charge is 2.22. The fraction of sp³-hybridized carbons (Fsp3) is 0.263. The van der Waals surface area contributed by atoms with Crippen LogP contribution in [0.4, 0.5) is 0 Å². The van der Waals surface area contributed by atoms with Gasteiger partial charge in [0, 0.05) is 12.8 Å². The number of ether oxygens (including phenoxy) is 2. The van der Waals surface area contributed by atoms with Gasteiger partial charge in [-0.15, -0.1) is 0 Å². The van der Waals surface area contributed by atoms with Gasteiger partial charge in [0.05, 0.1) is 0 Å². The van der Waals surface area contributed by atoms with Crippen molar-refractivity contribution in [2.45, 2.75) is 24.9 Å². The highest BCUT2D eigenvalue weighted by Crippen LogP contribution is 2.03. The van der Waals surface area contributed by atoms with Crippen LogP contribution in [0.5, 0.6) is 0 Å². The van der Waals surface area contributed by atoms with Gasteiger partial charge in [0.2, 0.25) is 6.79 Å². The maximum Gasteiger partial charge on any atom is 0.367 e. The van der Waals surface area contributed by atoms with Crippen molar-refractivity contribution in [1.82, 2.24) is 0 Å². The average molecular weight is 344 g/mol. The first-order valence-electron chi connectivity index (χ1n) is 8.13. The summed E-state index contributed by atoms with van der Waals surface area (Å²) in [6.07, 6.45) is 0.944. The lowest BCUT2D eigenvalue weighted by molar-refractivity contribution is -0.411. The third kappa shape index (κ3) is 6.37. The Morgan fingerprint density at radius 3 is 1.44 bits per heavy atom. The first-order valence-corrected chi connectivity index (χ1v) is 8.13. The second kappa shape index (κ2) is 9.56. The smallest absolute Gasteiger partial charge is 0.367 e. The van der Waals surface area contributed by atoms with E-state index >= 15 is 0 Å². The van der Waals surface area contributed by atoms with E-state index < -0.39 is 30.8 Å². The van der Waals surface area contributed by atoms with Crippen LogP contribution in [0.2, 0.25) is 0 Å². The molecule has 6 heteroatoms. The molecule has 6 nitrogen and oxygen atoms in total. The average Bonchev–Trinajstić information content (AvgIpc) is 2.63. The van der Waals surface area contributed by atoms with Crippen molar-refractivity contribution in [3.05, 3.63) is 71.8 Å². The minimum atomic E-state index is -0.555. The van der Waals surface area contributed by atoms with Gasteiger partial charge in [-0.05, 0) is 11.1 Å². The van der Waals surface area contributed by atoms with E-state index in [4.69, 9.17) is 9.47 Å². The van der Waals surface area contributed by atoms with Crippen LogP contribution in [-0.2, 0) is 31.9 Å². The maximum atomic E-state index is 11.9. The Morgan fingerprint density at radius 2 is 1.08 bits per heavy atom. The first-order chi connectivity index (χ1) is 12.1. The Balaban J connectivity index is 1.70. The molecule has 0 radical (unpaired) electrons. The van der Waals surface area contributed by atoms with Crippen molar-refractivity contribution < 1.29 is 30.5 Å². The van der Waals surface area contributed by atoms with Gasteiger partial charge in [-0.1, -0.05) is 60.7 Å². The number of benzene rings is 2. The minimum Gasteiger partial charge on any atom is -0.423 e. The van der Waals surface area contributed by atoms with Crippen LogP contribution < -0.4 is 11.5 Å². The molecule has 0 saturated heterocycles. The molecular formula is C19H24N2O4+2. The van der Waals surface area contributed by atoms with E-state index in [1.807, 2.05) is 60.7 Å². The Morgan fingerprint density at radius 1 is 0.720 bits per heavy atom. The summed E-state index contributed by atoms with van der Waals surface area (Å²) in [6, 6.07) is 18.0. The third-order valence-corrected chi connectivity index (χ3v) is 3.72. The lowest BCUT2D eigenvalue weighted by Gasteiger charge is -2.11. The summed E-state index contributed by atoms with van der Waals surface area (Å²) in [5.41, 5.74) is 9.58. The van der Waals surface area contributed by atoms with Crippen molar-refractivity contribution in [1.29, 1.82) is 0 Å². The zero-order chi connectivity index (χ0) is 18.1. The van der Waals surface area contributed by atoms with Gasteiger partial charge in [-0.3, -0.25) is 0 Å². The molecule has 0 saturated carbocycles. The number of carbonyl (C=O) groups is 2. The van der Waals surface area contributed by atoms with Crippen LogP contribution in [0.1, 0.15) is 11.1 Å². The van der Waals surface area contributed by atoms with Crippen LogP contribution in [0, 0.1) is 0 Å². The summed E-state index contributed by atoms with van der Waals surface area (Å²) in [4.78, 5) is 23.8. The number of rotatable bonds is 8. The molecule has 132 valence electrons. The predicted octanol–water partition coefficient (Wildman–Crippen LogP) is -0.263. The van der Waals surface area contributed by atoms with E-state index in [-0.39, 0.29) is 0 Å². The molecule has 2 atom stereocenters. The van der Waals surface area contributed by atoms with E-state index in [9.17, 15) is 9.59 Å². The number of carbonyl (C=O) groups excluding carboxylic acids is 2. The number of hydrogen-bond acceptors (Lipinski definition) is 4. The minimum absolute atomic E-state index is 0.417. The summed E-state index contributed by atoms with van der Waals surface area (Å²) in [6.45, 7) is -0.417. The zero-order valence-electron chi connectivity index (χ0n) is 14.1. The largest absolute Gasteiger partial charge is 0.423 e. The quantitative estimate of drug-likeness (QED) is 0.508. The Kier molecular flexibility index (Phi) is 7.13. The summed E-state index contributed by atoms with van der Waals surface area (Å²) >= 11 is 0. The second-order valence-electron chi connectivity index (χ2n) is 5.82. The SMILES string of the molecule is [NH3+]C(Cc1ccccc1)C(=O)OCOC(=O)C([NH3+])Cc1ccccc1. The molecular weight excluding hydrogens is 320 g/mol.